The predicted molar refractivity (Wildman–Crippen MR) is 121 cm³/mol. The second-order valence-corrected chi connectivity index (χ2v) is 8.25. The topological polar surface area (TPSA) is 79.7 Å². The summed E-state index contributed by atoms with van der Waals surface area (Å²) in [7, 11) is 0. The molecule has 32 heavy (non-hydrogen) atoms. The standard InChI is InChI=1S/C24H24N2O5S/c1-15-11-19(20(27)14-30-24(28)18-7-6-10-25-23(18)32-3)16(2)26(15)12-17-13-29-21-8-4-5-9-22(21)31-17/h4-11,17H,12-14H2,1-3H3/t17-/m1/s1. The van der Waals surface area contributed by atoms with Crippen molar-refractivity contribution in [3.8, 4) is 11.5 Å². The first kappa shape index (κ1) is 22.0. The summed E-state index contributed by atoms with van der Waals surface area (Å²) in [6.45, 7) is 4.46. The van der Waals surface area contributed by atoms with Crippen LogP contribution in [-0.4, -0.2) is 46.9 Å². The number of hydrogen-bond acceptors (Lipinski definition) is 7. The number of benzene rings is 1. The van der Waals surface area contributed by atoms with E-state index in [1.807, 2.05) is 55.0 Å². The Balaban J connectivity index is 1.42. The summed E-state index contributed by atoms with van der Waals surface area (Å²) in [6, 6.07) is 12.7. The number of Topliss-reactive ketones (excluding diaryl/α,β-unsaturated/α-hetero) is 1. The van der Waals surface area contributed by atoms with E-state index >= 15 is 0 Å². The number of para-hydroxylation sites is 2. The number of fused-ring (bicyclic) bond motifs is 1. The normalized spacial score (nSPS) is 14.8. The fourth-order valence-corrected chi connectivity index (χ4v) is 4.25. The molecular formula is C24H24N2O5S. The van der Waals surface area contributed by atoms with Crippen molar-refractivity contribution in [2.45, 2.75) is 31.5 Å². The van der Waals surface area contributed by atoms with Gasteiger partial charge in [0.15, 0.2) is 24.2 Å². The van der Waals surface area contributed by atoms with E-state index < -0.39 is 5.97 Å². The van der Waals surface area contributed by atoms with Crippen LogP contribution >= 0.6 is 11.8 Å². The Morgan fingerprint density at radius 3 is 2.72 bits per heavy atom. The van der Waals surface area contributed by atoms with E-state index in [0.29, 0.717) is 29.3 Å². The van der Waals surface area contributed by atoms with Gasteiger partial charge in [0.25, 0.3) is 0 Å². The summed E-state index contributed by atoms with van der Waals surface area (Å²) >= 11 is 1.35. The highest BCUT2D eigenvalue weighted by atomic mass is 32.2. The van der Waals surface area contributed by atoms with E-state index in [9.17, 15) is 9.59 Å². The molecule has 7 nitrogen and oxygen atoms in total. The van der Waals surface area contributed by atoms with Gasteiger partial charge in [-0.15, -0.1) is 11.8 Å². The number of pyridine rings is 1. The molecule has 166 valence electrons. The van der Waals surface area contributed by atoms with Crippen molar-refractivity contribution in [1.82, 2.24) is 9.55 Å². The van der Waals surface area contributed by atoms with Crippen LogP contribution in [-0.2, 0) is 11.3 Å². The molecule has 0 amide bonds. The number of esters is 1. The van der Waals surface area contributed by atoms with Crippen molar-refractivity contribution >= 4 is 23.5 Å². The number of rotatable bonds is 7. The van der Waals surface area contributed by atoms with E-state index in [-0.39, 0.29) is 18.5 Å². The zero-order valence-corrected chi connectivity index (χ0v) is 19.0. The van der Waals surface area contributed by atoms with E-state index in [1.54, 1.807) is 18.3 Å². The molecule has 0 bridgehead atoms. The minimum absolute atomic E-state index is 0.175. The van der Waals surface area contributed by atoms with E-state index in [4.69, 9.17) is 14.2 Å². The second-order valence-electron chi connectivity index (χ2n) is 7.45. The monoisotopic (exact) mass is 452 g/mol. The SMILES string of the molecule is CSc1ncccc1C(=O)OCC(=O)c1cc(C)n(C[C@@H]2COc3ccccc3O2)c1C. The van der Waals surface area contributed by atoms with Crippen molar-refractivity contribution in [3.63, 3.8) is 0 Å². The maximum absolute atomic E-state index is 12.8. The number of carbonyl (C=O) groups excluding carboxylic acids is 2. The molecule has 4 rings (SSSR count). The molecule has 0 fully saturated rings. The van der Waals surface area contributed by atoms with Crippen LogP contribution in [0.25, 0.3) is 0 Å². The van der Waals surface area contributed by atoms with Gasteiger partial charge in [0.05, 0.1) is 12.1 Å². The zero-order chi connectivity index (χ0) is 22.7. The van der Waals surface area contributed by atoms with E-state index in [0.717, 1.165) is 22.9 Å². The number of ketones is 1. The molecule has 0 radical (unpaired) electrons. The Morgan fingerprint density at radius 1 is 1.16 bits per heavy atom. The first-order valence-electron chi connectivity index (χ1n) is 10.2. The lowest BCUT2D eigenvalue weighted by Gasteiger charge is -2.27. The fraction of sp³-hybridized carbons (Fsp3) is 0.292. The predicted octanol–water partition coefficient (Wildman–Crippen LogP) is 4.10. The van der Waals surface area contributed by atoms with Crippen LogP contribution in [0.2, 0.25) is 0 Å². The Hall–Kier alpha value is -3.26. The molecule has 0 unspecified atom stereocenters. The Morgan fingerprint density at radius 2 is 1.94 bits per heavy atom. The van der Waals surface area contributed by atoms with Crippen molar-refractivity contribution in [1.29, 1.82) is 0 Å². The number of aryl methyl sites for hydroxylation is 1. The number of carbonyl (C=O) groups is 2. The van der Waals surface area contributed by atoms with Crippen LogP contribution in [0, 0.1) is 13.8 Å². The molecule has 0 saturated carbocycles. The highest BCUT2D eigenvalue weighted by molar-refractivity contribution is 7.98. The molecule has 2 aromatic heterocycles. The minimum Gasteiger partial charge on any atom is -0.486 e. The summed E-state index contributed by atoms with van der Waals surface area (Å²) in [6.07, 6.45) is 3.27. The summed E-state index contributed by atoms with van der Waals surface area (Å²) in [4.78, 5) is 29.4. The molecular weight excluding hydrogens is 428 g/mol. The molecule has 1 aromatic carbocycles. The lowest BCUT2D eigenvalue weighted by atomic mass is 10.1. The summed E-state index contributed by atoms with van der Waals surface area (Å²) in [5.74, 6) is 0.643. The molecule has 1 aliphatic heterocycles. The van der Waals surface area contributed by atoms with Crippen LogP contribution < -0.4 is 9.47 Å². The first-order valence-corrected chi connectivity index (χ1v) is 11.4. The summed E-state index contributed by atoms with van der Waals surface area (Å²) in [5, 5.41) is 0.569. The fourth-order valence-electron chi connectivity index (χ4n) is 3.72. The average molecular weight is 453 g/mol. The lowest BCUT2D eigenvalue weighted by Crippen LogP contribution is -2.33. The van der Waals surface area contributed by atoms with Crippen LogP contribution in [0.5, 0.6) is 11.5 Å². The Labute approximate surface area is 190 Å². The number of aromatic nitrogens is 2. The van der Waals surface area contributed by atoms with Crippen LogP contribution in [0.1, 0.15) is 32.1 Å². The van der Waals surface area contributed by atoms with Gasteiger partial charge in [-0.05, 0) is 50.4 Å². The summed E-state index contributed by atoms with van der Waals surface area (Å²) < 4.78 is 19.2. The molecule has 0 aliphatic carbocycles. The smallest absolute Gasteiger partial charge is 0.341 e. The van der Waals surface area contributed by atoms with E-state index in [2.05, 4.69) is 4.98 Å². The zero-order valence-electron chi connectivity index (χ0n) is 18.2. The molecule has 0 N–H and O–H groups in total. The largest absolute Gasteiger partial charge is 0.486 e. The highest BCUT2D eigenvalue weighted by Crippen LogP contribution is 2.31. The van der Waals surface area contributed by atoms with Gasteiger partial charge < -0.3 is 18.8 Å². The number of thioether (sulfide) groups is 1. The molecule has 0 saturated heterocycles. The Kier molecular flexibility index (Phi) is 6.50. The third kappa shape index (κ3) is 4.50. The maximum atomic E-state index is 12.8. The lowest BCUT2D eigenvalue weighted by molar-refractivity contribution is 0.0470. The van der Waals surface area contributed by atoms with Crippen molar-refractivity contribution in [2.75, 3.05) is 19.5 Å². The van der Waals surface area contributed by atoms with Gasteiger partial charge in [-0.2, -0.15) is 0 Å². The van der Waals surface area contributed by atoms with Gasteiger partial charge in [-0.25, -0.2) is 9.78 Å². The van der Waals surface area contributed by atoms with Gasteiger partial charge in [-0.1, -0.05) is 12.1 Å². The quantitative estimate of drug-likeness (QED) is 0.303. The van der Waals surface area contributed by atoms with Crippen molar-refractivity contribution in [2.24, 2.45) is 0 Å². The van der Waals surface area contributed by atoms with Crippen molar-refractivity contribution < 1.29 is 23.8 Å². The number of hydrogen-bond donors (Lipinski definition) is 0. The molecule has 3 aromatic rings. The van der Waals surface area contributed by atoms with Crippen LogP contribution in [0.3, 0.4) is 0 Å². The molecule has 0 spiro atoms. The molecule has 1 atom stereocenters. The van der Waals surface area contributed by atoms with Gasteiger partial charge >= 0.3 is 5.97 Å². The molecule has 8 heteroatoms. The second kappa shape index (κ2) is 9.48. The molecule has 1 aliphatic rings. The van der Waals surface area contributed by atoms with Gasteiger partial charge in [0.2, 0.25) is 5.78 Å². The van der Waals surface area contributed by atoms with E-state index in [1.165, 1.54) is 11.8 Å². The first-order chi connectivity index (χ1) is 15.5. The maximum Gasteiger partial charge on any atom is 0.341 e. The van der Waals surface area contributed by atoms with Gasteiger partial charge in [0, 0.05) is 23.1 Å². The van der Waals surface area contributed by atoms with Gasteiger partial charge in [-0.3, -0.25) is 4.79 Å². The number of nitrogens with zero attached hydrogens (tertiary/aromatic N) is 2. The highest BCUT2D eigenvalue weighted by Gasteiger charge is 2.24. The summed E-state index contributed by atoms with van der Waals surface area (Å²) in [5.41, 5.74) is 2.62. The third-order valence-electron chi connectivity index (χ3n) is 5.35. The average Bonchev–Trinajstić information content (AvgIpc) is 3.10. The number of ether oxygens (including phenoxy) is 3. The van der Waals surface area contributed by atoms with Crippen LogP contribution in [0.15, 0.2) is 53.7 Å². The van der Waals surface area contributed by atoms with Crippen molar-refractivity contribution in [3.05, 3.63) is 71.2 Å². The Bertz CT molecular complexity index is 1160. The van der Waals surface area contributed by atoms with Gasteiger partial charge in [0.1, 0.15) is 11.6 Å². The minimum atomic E-state index is -0.559. The third-order valence-corrected chi connectivity index (χ3v) is 6.06. The molecule has 3 heterocycles. The van der Waals surface area contributed by atoms with Crippen LogP contribution in [0.4, 0.5) is 0 Å².